The Bertz CT molecular complexity index is 504. The molecular weight excluding hydrogens is 257 g/mol. The Kier molecular flexibility index (Phi) is 3.93. The van der Waals surface area contributed by atoms with Gasteiger partial charge in [-0.2, -0.15) is 0 Å². The lowest BCUT2D eigenvalue weighted by atomic mass is 9.93. The third kappa shape index (κ3) is 3.59. The highest BCUT2D eigenvalue weighted by atomic mass is 19.4. The predicted molar refractivity (Wildman–Crippen MR) is 64.0 cm³/mol. The molecule has 1 aliphatic carbocycles. The van der Waals surface area contributed by atoms with Gasteiger partial charge in [-0.25, -0.2) is 0 Å². The molecule has 2 nitrogen and oxygen atoms in total. The topological polar surface area (TPSA) is 26.3 Å². The Hall–Kier alpha value is -1.78. The highest BCUT2D eigenvalue weighted by molar-refractivity contribution is 6.10. The zero-order chi connectivity index (χ0) is 13.9. The normalized spacial score (nSPS) is 15.8. The standard InChI is InChI=1S/C14H13F3O2/c15-14(16,17)19-12-9-5-4-8-11(12)13(18)10-6-2-1-3-7-10/h4-6,8-9H,1-3,7H2. The van der Waals surface area contributed by atoms with Crippen molar-refractivity contribution in [1.82, 2.24) is 0 Å². The van der Waals surface area contributed by atoms with E-state index in [4.69, 9.17) is 0 Å². The number of allylic oxidation sites excluding steroid dienone is 2. The second-order valence-corrected chi connectivity index (χ2v) is 4.35. The van der Waals surface area contributed by atoms with Gasteiger partial charge in [0.15, 0.2) is 5.78 Å². The molecule has 0 aliphatic heterocycles. The third-order valence-corrected chi connectivity index (χ3v) is 2.94. The van der Waals surface area contributed by atoms with Crippen molar-refractivity contribution < 1.29 is 22.7 Å². The predicted octanol–water partition coefficient (Wildman–Crippen LogP) is 4.27. The Morgan fingerprint density at radius 3 is 2.53 bits per heavy atom. The first-order valence-corrected chi connectivity index (χ1v) is 6.06. The van der Waals surface area contributed by atoms with E-state index in [1.807, 2.05) is 0 Å². The van der Waals surface area contributed by atoms with E-state index in [2.05, 4.69) is 4.74 Å². The maximum Gasteiger partial charge on any atom is 0.573 e. The Balaban J connectivity index is 2.29. The van der Waals surface area contributed by atoms with E-state index in [-0.39, 0.29) is 11.3 Å². The van der Waals surface area contributed by atoms with Crippen molar-refractivity contribution in [2.45, 2.75) is 32.0 Å². The summed E-state index contributed by atoms with van der Waals surface area (Å²) < 4.78 is 40.7. The number of benzene rings is 1. The summed E-state index contributed by atoms with van der Waals surface area (Å²) in [6.45, 7) is 0. The molecule has 19 heavy (non-hydrogen) atoms. The van der Waals surface area contributed by atoms with Gasteiger partial charge in [0.2, 0.25) is 0 Å². The maximum absolute atomic E-state index is 12.3. The fraction of sp³-hybridized carbons (Fsp3) is 0.357. The number of ketones is 1. The van der Waals surface area contributed by atoms with Gasteiger partial charge < -0.3 is 4.74 Å². The molecule has 1 aliphatic rings. The van der Waals surface area contributed by atoms with Gasteiger partial charge in [-0.1, -0.05) is 18.2 Å². The van der Waals surface area contributed by atoms with E-state index in [9.17, 15) is 18.0 Å². The van der Waals surface area contributed by atoms with Gasteiger partial charge >= 0.3 is 6.36 Å². The summed E-state index contributed by atoms with van der Waals surface area (Å²) in [4.78, 5) is 12.2. The van der Waals surface area contributed by atoms with Crippen LogP contribution in [-0.2, 0) is 0 Å². The lowest BCUT2D eigenvalue weighted by Crippen LogP contribution is -2.19. The second kappa shape index (κ2) is 5.47. The minimum Gasteiger partial charge on any atom is -0.405 e. The number of hydrogen-bond donors (Lipinski definition) is 0. The van der Waals surface area contributed by atoms with Crippen LogP contribution in [0.25, 0.3) is 0 Å². The zero-order valence-electron chi connectivity index (χ0n) is 10.2. The molecule has 0 radical (unpaired) electrons. The molecule has 5 heteroatoms. The smallest absolute Gasteiger partial charge is 0.405 e. The summed E-state index contributed by atoms with van der Waals surface area (Å²) >= 11 is 0. The second-order valence-electron chi connectivity index (χ2n) is 4.35. The average Bonchev–Trinajstić information content (AvgIpc) is 2.38. The molecule has 2 rings (SSSR count). The molecule has 0 saturated heterocycles. The number of rotatable bonds is 3. The van der Waals surface area contributed by atoms with Gasteiger partial charge in [-0.05, 0) is 43.4 Å². The van der Waals surface area contributed by atoms with Crippen LogP contribution >= 0.6 is 0 Å². The Labute approximate surface area is 108 Å². The minimum absolute atomic E-state index is 0.0343. The first-order valence-electron chi connectivity index (χ1n) is 6.06. The highest BCUT2D eigenvalue weighted by Crippen LogP contribution is 2.30. The lowest BCUT2D eigenvalue weighted by Gasteiger charge is -2.15. The summed E-state index contributed by atoms with van der Waals surface area (Å²) in [6, 6.07) is 5.45. The van der Waals surface area contributed by atoms with Crippen LogP contribution in [0.5, 0.6) is 5.75 Å². The molecule has 0 unspecified atom stereocenters. The first-order chi connectivity index (χ1) is 8.97. The number of hydrogen-bond acceptors (Lipinski definition) is 2. The molecule has 1 aromatic carbocycles. The van der Waals surface area contributed by atoms with Gasteiger partial charge in [-0.3, -0.25) is 4.79 Å². The van der Waals surface area contributed by atoms with Gasteiger partial charge in [0, 0.05) is 0 Å². The van der Waals surface area contributed by atoms with Crippen LogP contribution in [0.4, 0.5) is 13.2 Å². The van der Waals surface area contributed by atoms with Crippen molar-refractivity contribution in [2.75, 3.05) is 0 Å². The summed E-state index contributed by atoms with van der Waals surface area (Å²) in [5, 5.41) is 0. The molecule has 0 fully saturated rings. The molecular formula is C14H13F3O2. The summed E-state index contributed by atoms with van der Waals surface area (Å²) in [5.74, 6) is -0.814. The van der Waals surface area contributed by atoms with E-state index < -0.39 is 12.1 Å². The van der Waals surface area contributed by atoms with Gasteiger partial charge in [0.1, 0.15) is 5.75 Å². The van der Waals surface area contributed by atoms with E-state index in [1.165, 1.54) is 18.2 Å². The fourth-order valence-electron chi connectivity index (χ4n) is 2.09. The quantitative estimate of drug-likeness (QED) is 0.767. The Morgan fingerprint density at radius 1 is 1.16 bits per heavy atom. The SMILES string of the molecule is O=C(C1=CCCCC1)c1ccccc1OC(F)(F)F. The molecule has 0 aromatic heterocycles. The molecule has 1 aromatic rings. The van der Waals surface area contributed by atoms with E-state index in [1.54, 1.807) is 6.08 Å². The lowest BCUT2D eigenvalue weighted by molar-refractivity contribution is -0.274. The van der Waals surface area contributed by atoms with Crippen LogP contribution in [0.1, 0.15) is 36.0 Å². The van der Waals surface area contributed by atoms with Crippen molar-refractivity contribution in [2.24, 2.45) is 0 Å². The maximum atomic E-state index is 12.3. The number of Topliss-reactive ketones (excluding diaryl/α,β-unsaturated/α-hetero) is 1. The third-order valence-electron chi connectivity index (χ3n) is 2.94. The van der Waals surface area contributed by atoms with Gasteiger partial charge in [-0.15, -0.1) is 13.2 Å². The van der Waals surface area contributed by atoms with Crippen molar-refractivity contribution >= 4 is 5.78 Å². The molecule has 0 amide bonds. The van der Waals surface area contributed by atoms with Crippen LogP contribution in [0, 0.1) is 0 Å². The molecule has 0 N–H and O–H groups in total. The molecule has 0 atom stereocenters. The van der Waals surface area contributed by atoms with Crippen molar-refractivity contribution in [3.63, 3.8) is 0 Å². The average molecular weight is 270 g/mol. The summed E-state index contributed by atoms with van der Waals surface area (Å²) in [6.07, 6.45) is 0.313. The van der Waals surface area contributed by atoms with Crippen LogP contribution in [0.2, 0.25) is 0 Å². The van der Waals surface area contributed by atoms with E-state index in [0.29, 0.717) is 12.0 Å². The number of para-hydroxylation sites is 1. The number of carbonyl (C=O) groups is 1. The van der Waals surface area contributed by atoms with Gasteiger partial charge in [0.05, 0.1) is 5.56 Å². The zero-order valence-corrected chi connectivity index (χ0v) is 10.2. The van der Waals surface area contributed by atoms with Crippen LogP contribution in [-0.4, -0.2) is 12.1 Å². The monoisotopic (exact) mass is 270 g/mol. The van der Waals surface area contributed by atoms with Crippen molar-refractivity contribution in [1.29, 1.82) is 0 Å². The number of carbonyl (C=O) groups excluding carboxylic acids is 1. The van der Waals surface area contributed by atoms with Crippen LogP contribution < -0.4 is 4.74 Å². The highest BCUT2D eigenvalue weighted by Gasteiger charge is 2.33. The largest absolute Gasteiger partial charge is 0.573 e. The van der Waals surface area contributed by atoms with Crippen molar-refractivity contribution in [3.8, 4) is 5.75 Å². The summed E-state index contributed by atoms with van der Waals surface area (Å²) in [7, 11) is 0. The molecule has 102 valence electrons. The van der Waals surface area contributed by atoms with Crippen molar-refractivity contribution in [3.05, 3.63) is 41.5 Å². The first kappa shape index (κ1) is 13.6. The Morgan fingerprint density at radius 2 is 1.89 bits per heavy atom. The van der Waals surface area contributed by atoms with E-state index >= 15 is 0 Å². The van der Waals surface area contributed by atoms with Crippen LogP contribution in [0.15, 0.2) is 35.9 Å². The number of halogens is 3. The van der Waals surface area contributed by atoms with Crippen LogP contribution in [0.3, 0.4) is 0 Å². The molecule has 0 saturated carbocycles. The fourth-order valence-corrected chi connectivity index (χ4v) is 2.09. The number of alkyl halides is 3. The van der Waals surface area contributed by atoms with Gasteiger partial charge in [0.25, 0.3) is 0 Å². The number of ether oxygens (including phenoxy) is 1. The molecule has 0 spiro atoms. The minimum atomic E-state index is -4.79. The molecule has 0 heterocycles. The molecule has 0 bridgehead atoms. The van der Waals surface area contributed by atoms with E-state index in [0.717, 1.165) is 25.3 Å². The summed E-state index contributed by atoms with van der Waals surface area (Å²) in [5.41, 5.74) is 0.539.